The Labute approximate surface area is 172 Å². The van der Waals surface area contributed by atoms with E-state index in [0.29, 0.717) is 35.5 Å². The number of carbonyl (C=O) groups excluding carboxylic acids is 1. The maximum atomic E-state index is 13.4. The first-order chi connectivity index (χ1) is 13.8. The van der Waals surface area contributed by atoms with Crippen LogP contribution in [-0.2, 0) is 21.2 Å². The van der Waals surface area contributed by atoms with Gasteiger partial charge in [-0.25, -0.2) is 17.8 Å². The molecule has 0 aliphatic carbocycles. The molecule has 0 radical (unpaired) electrons. The molecule has 4 rings (SSSR count). The molecule has 0 amide bonds. The van der Waals surface area contributed by atoms with Crippen molar-refractivity contribution in [1.82, 2.24) is 9.29 Å². The van der Waals surface area contributed by atoms with Crippen molar-refractivity contribution in [3.63, 3.8) is 0 Å². The molecule has 1 aromatic carbocycles. The molecular weight excluding hydrogens is 419 g/mol. The number of hydrogen-bond donors (Lipinski definition) is 0. The summed E-state index contributed by atoms with van der Waals surface area (Å²) < 4.78 is 46.2. The Hall–Kier alpha value is -2.29. The number of benzene rings is 1. The minimum absolute atomic E-state index is 0.162. The predicted octanol–water partition coefficient (Wildman–Crippen LogP) is 3.98. The Balaban J connectivity index is 1.53. The van der Waals surface area contributed by atoms with Gasteiger partial charge in [-0.05, 0) is 49.6 Å². The molecule has 1 aliphatic rings. The number of furan rings is 1. The lowest BCUT2D eigenvalue weighted by atomic mass is 10.1. The number of Topliss-reactive ketones (excluding diaryl/α,β-unsaturated/α-hetero) is 1. The molecule has 6 nitrogen and oxygen atoms in total. The highest BCUT2D eigenvalue weighted by Gasteiger charge is 2.40. The van der Waals surface area contributed by atoms with E-state index in [1.165, 1.54) is 28.6 Å². The normalized spacial score (nSPS) is 17.8. The predicted molar refractivity (Wildman–Crippen MR) is 106 cm³/mol. The van der Waals surface area contributed by atoms with E-state index < -0.39 is 21.9 Å². The molecule has 1 aliphatic heterocycles. The summed E-state index contributed by atoms with van der Waals surface area (Å²) in [6, 6.07) is 9.53. The zero-order valence-corrected chi connectivity index (χ0v) is 16.9. The Morgan fingerprint density at radius 1 is 1.28 bits per heavy atom. The molecule has 0 unspecified atom stereocenters. The fourth-order valence-corrected chi connectivity index (χ4v) is 5.40. The third kappa shape index (κ3) is 4.05. The highest BCUT2D eigenvalue weighted by Crippen LogP contribution is 2.31. The molecule has 0 N–H and O–H groups in total. The highest BCUT2D eigenvalue weighted by atomic mass is 35.5. The number of aryl methyl sites for hydroxylation is 1. The van der Waals surface area contributed by atoms with Crippen molar-refractivity contribution in [2.75, 3.05) is 6.54 Å². The summed E-state index contributed by atoms with van der Waals surface area (Å²) >= 11 is 5.86. The van der Waals surface area contributed by atoms with Crippen LogP contribution in [0.15, 0.2) is 52.0 Å². The molecule has 0 spiro atoms. The summed E-state index contributed by atoms with van der Waals surface area (Å²) in [4.78, 5) is 16.9. The average Bonchev–Trinajstić information content (AvgIpc) is 3.33. The lowest BCUT2D eigenvalue weighted by molar-refractivity contribution is -0.122. The number of hydrogen-bond acceptors (Lipinski definition) is 5. The van der Waals surface area contributed by atoms with Crippen LogP contribution in [0.4, 0.5) is 4.39 Å². The molecule has 2 aromatic heterocycles. The van der Waals surface area contributed by atoms with Crippen molar-refractivity contribution in [1.29, 1.82) is 0 Å². The number of nitrogens with zero attached hydrogens (tertiary/aromatic N) is 2. The van der Waals surface area contributed by atoms with Crippen molar-refractivity contribution >= 4 is 38.4 Å². The number of carbonyl (C=O) groups is 1. The second kappa shape index (κ2) is 7.85. The van der Waals surface area contributed by atoms with E-state index in [-0.39, 0.29) is 29.4 Å². The topological polar surface area (TPSA) is 80.5 Å². The summed E-state index contributed by atoms with van der Waals surface area (Å²) in [7, 11) is -4.01. The largest absolute Gasteiger partial charge is 0.443 e. The number of pyridine rings is 1. The first-order valence-electron chi connectivity index (χ1n) is 9.20. The smallest absolute Gasteiger partial charge is 0.277 e. The molecule has 1 saturated heterocycles. The van der Waals surface area contributed by atoms with Gasteiger partial charge in [-0.15, -0.1) is 0 Å². The minimum Gasteiger partial charge on any atom is -0.443 e. The first-order valence-corrected chi connectivity index (χ1v) is 11.0. The van der Waals surface area contributed by atoms with E-state index >= 15 is 0 Å². The van der Waals surface area contributed by atoms with E-state index in [0.717, 1.165) is 0 Å². The van der Waals surface area contributed by atoms with Crippen LogP contribution >= 0.6 is 11.6 Å². The van der Waals surface area contributed by atoms with E-state index in [1.807, 2.05) is 0 Å². The van der Waals surface area contributed by atoms with Gasteiger partial charge in [-0.3, -0.25) is 4.79 Å². The number of aromatic nitrogens is 1. The van der Waals surface area contributed by atoms with Crippen molar-refractivity contribution in [2.24, 2.45) is 0 Å². The Kier molecular flexibility index (Phi) is 5.42. The maximum Gasteiger partial charge on any atom is 0.277 e. The third-order valence-electron chi connectivity index (χ3n) is 4.99. The van der Waals surface area contributed by atoms with Crippen LogP contribution in [0.1, 0.15) is 25.0 Å². The van der Waals surface area contributed by atoms with Crippen LogP contribution in [0.5, 0.6) is 0 Å². The summed E-state index contributed by atoms with van der Waals surface area (Å²) in [6.45, 7) is 0.236. The molecule has 152 valence electrons. The quantitative estimate of drug-likeness (QED) is 0.546. The van der Waals surface area contributed by atoms with Crippen molar-refractivity contribution < 1.29 is 22.0 Å². The lowest BCUT2D eigenvalue weighted by Gasteiger charge is -2.21. The summed E-state index contributed by atoms with van der Waals surface area (Å²) in [5.41, 5.74) is 0.955. The van der Waals surface area contributed by atoms with E-state index in [4.69, 9.17) is 16.0 Å². The van der Waals surface area contributed by atoms with Crippen LogP contribution in [0.2, 0.25) is 5.15 Å². The SMILES string of the molecule is O=C(CCc1cccc(Cl)n1)[C@@H]1CCCN1S(=O)(=O)c1cc2cc(F)ccc2o1. The highest BCUT2D eigenvalue weighted by molar-refractivity contribution is 7.89. The van der Waals surface area contributed by atoms with Gasteiger partial charge in [0.1, 0.15) is 16.6 Å². The van der Waals surface area contributed by atoms with Gasteiger partial charge < -0.3 is 4.42 Å². The van der Waals surface area contributed by atoms with Crippen LogP contribution in [-0.4, -0.2) is 36.1 Å². The Morgan fingerprint density at radius 2 is 2.10 bits per heavy atom. The third-order valence-corrected chi connectivity index (χ3v) is 6.97. The summed E-state index contributed by atoms with van der Waals surface area (Å²) in [5, 5.41) is 0.424. The lowest BCUT2D eigenvalue weighted by Crippen LogP contribution is -2.40. The van der Waals surface area contributed by atoms with Crippen LogP contribution in [0.3, 0.4) is 0 Å². The fraction of sp³-hybridized carbons (Fsp3) is 0.300. The number of fused-ring (bicyclic) bond motifs is 1. The van der Waals surface area contributed by atoms with Crippen LogP contribution in [0.25, 0.3) is 11.0 Å². The van der Waals surface area contributed by atoms with Gasteiger partial charge in [-0.1, -0.05) is 17.7 Å². The molecule has 29 heavy (non-hydrogen) atoms. The number of rotatable bonds is 6. The average molecular weight is 437 g/mol. The molecule has 0 saturated carbocycles. The van der Waals surface area contributed by atoms with Crippen molar-refractivity contribution in [3.05, 3.63) is 59.1 Å². The van der Waals surface area contributed by atoms with Gasteiger partial charge >= 0.3 is 0 Å². The van der Waals surface area contributed by atoms with Gasteiger partial charge in [0.25, 0.3) is 10.0 Å². The zero-order chi connectivity index (χ0) is 20.6. The molecule has 1 atom stereocenters. The van der Waals surface area contributed by atoms with Gasteiger partial charge in [0.15, 0.2) is 5.78 Å². The molecular formula is C20H18ClFN2O4S. The molecule has 0 bridgehead atoms. The minimum atomic E-state index is -4.01. The van der Waals surface area contributed by atoms with Gasteiger partial charge in [0.2, 0.25) is 5.09 Å². The number of ketones is 1. The Morgan fingerprint density at radius 3 is 2.90 bits per heavy atom. The van der Waals surface area contributed by atoms with Gasteiger partial charge in [0, 0.05) is 30.1 Å². The van der Waals surface area contributed by atoms with Crippen LogP contribution in [0, 0.1) is 5.82 Å². The van der Waals surface area contributed by atoms with Gasteiger partial charge in [-0.2, -0.15) is 4.31 Å². The van der Waals surface area contributed by atoms with Crippen molar-refractivity contribution in [2.45, 2.75) is 36.8 Å². The summed E-state index contributed by atoms with van der Waals surface area (Å²) in [6.07, 6.45) is 1.58. The van der Waals surface area contributed by atoms with Crippen LogP contribution < -0.4 is 0 Å². The van der Waals surface area contributed by atoms with E-state index in [1.54, 1.807) is 18.2 Å². The van der Waals surface area contributed by atoms with E-state index in [9.17, 15) is 17.6 Å². The molecule has 9 heteroatoms. The maximum absolute atomic E-state index is 13.4. The van der Waals surface area contributed by atoms with Crippen molar-refractivity contribution in [3.8, 4) is 0 Å². The fourth-order valence-electron chi connectivity index (χ4n) is 3.59. The molecule has 3 aromatic rings. The monoisotopic (exact) mass is 436 g/mol. The Bertz CT molecular complexity index is 1180. The number of halogens is 2. The molecule has 3 heterocycles. The second-order valence-electron chi connectivity index (χ2n) is 6.94. The summed E-state index contributed by atoms with van der Waals surface area (Å²) in [5.74, 6) is -0.652. The number of sulfonamides is 1. The van der Waals surface area contributed by atoms with Gasteiger partial charge in [0.05, 0.1) is 6.04 Å². The zero-order valence-electron chi connectivity index (χ0n) is 15.3. The van der Waals surface area contributed by atoms with E-state index in [2.05, 4.69) is 4.98 Å². The standard InChI is InChI=1S/C20H18ClFN2O4S/c21-19-5-1-3-15(23-19)7-8-17(25)16-4-2-10-24(16)29(26,27)20-12-13-11-14(22)6-9-18(13)28-20/h1,3,5-6,9,11-12,16H,2,4,7-8,10H2/t16-/m0/s1. The first kappa shape index (κ1) is 20.0. The second-order valence-corrected chi connectivity index (χ2v) is 9.15. The molecule has 1 fully saturated rings.